The van der Waals surface area contributed by atoms with Crippen LogP contribution in [0, 0.1) is 0 Å². The second-order valence-corrected chi connectivity index (χ2v) is 4.57. The summed E-state index contributed by atoms with van der Waals surface area (Å²) in [5.41, 5.74) is 1.11. The van der Waals surface area contributed by atoms with Crippen molar-refractivity contribution in [2.24, 2.45) is 0 Å². The highest BCUT2D eigenvalue weighted by Gasteiger charge is 2.17. The molecular formula is C10H11BrClN. The molecule has 1 fully saturated rings. The van der Waals surface area contributed by atoms with Crippen LogP contribution in [-0.2, 0) is 0 Å². The Labute approximate surface area is 91.6 Å². The first-order valence-electron chi connectivity index (χ1n) is 4.48. The van der Waals surface area contributed by atoms with Crippen molar-refractivity contribution >= 4 is 33.2 Å². The maximum Gasteiger partial charge on any atom is 0.0593 e. The van der Waals surface area contributed by atoms with Gasteiger partial charge in [-0.25, -0.2) is 0 Å². The SMILES string of the molecule is Clc1cccc(NC2CCC2)c1Br. The quantitative estimate of drug-likeness (QED) is 0.845. The summed E-state index contributed by atoms with van der Waals surface area (Å²) in [6, 6.07) is 6.55. The average molecular weight is 261 g/mol. The van der Waals surface area contributed by atoms with E-state index in [1.807, 2.05) is 18.2 Å². The largest absolute Gasteiger partial charge is 0.381 e. The third kappa shape index (κ3) is 2.00. The summed E-state index contributed by atoms with van der Waals surface area (Å²) in [5, 5.41) is 4.22. The van der Waals surface area contributed by atoms with Gasteiger partial charge in [0.05, 0.1) is 15.2 Å². The van der Waals surface area contributed by atoms with Crippen LogP contribution in [0.25, 0.3) is 0 Å². The smallest absolute Gasteiger partial charge is 0.0593 e. The Morgan fingerprint density at radius 1 is 1.38 bits per heavy atom. The first-order chi connectivity index (χ1) is 6.27. The van der Waals surface area contributed by atoms with Gasteiger partial charge in [0.15, 0.2) is 0 Å². The maximum absolute atomic E-state index is 5.97. The number of nitrogens with one attached hydrogen (secondary N) is 1. The van der Waals surface area contributed by atoms with Gasteiger partial charge in [0.1, 0.15) is 0 Å². The first-order valence-corrected chi connectivity index (χ1v) is 5.65. The number of anilines is 1. The van der Waals surface area contributed by atoms with Gasteiger partial charge in [-0.2, -0.15) is 0 Å². The minimum Gasteiger partial charge on any atom is -0.381 e. The summed E-state index contributed by atoms with van der Waals surface area (Å²) in [5.74, 6) is 0. The van der Waals surface area contributed by atoms with Gasteiger partial charge in [-0.05, 0) is 47.3 Å². The molecule has 1 aliphatic rings. The summed E-state index contributed by atoms with van der Waals surface area (Å²) in [6.07, 6.45) is 3.90. The van der Waals surface area contributed by atoms with Crippen molar-refractivity contribution in [2.45, 2.75) is 25.3 Å². The van der Waals surface area contributed by atoms with E-state index in [0.29, 0.717) is 6.04 Å². The lowest BCUT2D eigenvalue weighted by Crippen LogP contribution is -2.27. The van der Waals surface area contributed by atoms with E-state index >= 15 is 0 Å². The molecule has 13 heavy (non-hydrogen) atoms. The lowest BCUT2D eigenvalue weighted by Gasteiger charge is -2.28. The van der Waals surface area contributed by atoms with Crippen LogP contribution in [0.1, 0.15) is 19.3 Å². The molecule has 0 saturated heterocycles. The number of hydrogen-bond donors (Lipinski definition) is 1. The molecule has 1 aromatic carbocycles. The van der Waals surface area contributed by atoms with Gasteiger partial charge in [-0.15, -0.1) is 0 Å². The van der Waals surface area contributed by atoms with Gasteiger partial charge in [-0.3, -0.25) is 0 Å². The highest BCUT2D eigenvalue weighted by atomic mass is 79.9. The Morgan fingerprint density at radius 3 is 2.77 bits per heavy atom. The van der Waals surface area contributed by atoms with Gasteiger partial charge in [0.25, 0.3) is 0 Å². The second-order valence-electron chi connectivity index (χ2n) is 3.37. The Hall–Kier alpha value is -0.210. The molecule has 0 aromatic heterocycles. The van der Waals surface area contributed by atoms with Crippen LogP contribution >= 0.6 is 27.5 Å². The van der Waals surface area contributed by atoms with Crippen molar-refractivity contribution in [3.05, 3.63) is 27.7 Å². The van der Waals surface area contributed by atoms with Crippen molar-refractivity contribution in [1.29, 1.82) is 0 Å². The Morgan fingerprint density at radius 2 is 2.15 bits per heavy atom. The van der Waals surface area contributed by atoms with Crippen LogP contribution in [0.5, 0.6) is 0 Å². The lowest BCUT2D eigenvalue weighted by atomic mass is 9.93. The summed E-state index contributed by atoms with van der Waals surface area (Å²) in [4.78, 5) is 0. The molecule has 0 unspecified atom stereocenters. The second kappa shape index (κ2) is 3.89. The molecule has 0 heterocycles. The molecule has 0 atom stereocenters. The van der Waals surface area contributed by atoms with Gasteiger partial charge >= 0.3 is 0 Å². The first kappa shape index (κ1) is 9.35. The van der Waals surface area contributed by atoms with Gasteiger partial charge in [-0.1, -0.05) is 17.7 Å². The fourth-order valence-corrected chi connectivity index (χ4v) is 1.94. The monoisotopic (exact) mass is 259 g/mol. The van der Waals surface area contributed by atoms with Crippen molar-refractivity contribution in [1.82, 2.24) is 0 Å². The van der Waals surface area contributed by atoms with Crippen molar-refractivity contribution < 1.29 is 0 Å². The minimum atomic E-state index is 0.648. The van der Waals surface area contributed by atoms with Crippen LogP contribution < -0.4 is 5.32 Å². The topological polar surface area (TPSA) is 12.0 Å². The fraction of sp³-hybridized carbons (Fsp3) is 0.400. The van der Waals surface area contributed by atoms with Gasteiger partial charge < -0.3 is 5.32 Å². The molecule has 2 rings (SSSR count). The molecule has 1 saturated carbocycles. The summed E-state index contributed by atoms with van der Waals surface area (Å²) in [7, 11) is 0. The van der Waals surface area contributed by atoms with E-state index < -0.39 is 0 Å². The molecule has 0 bridgehead atoms. The zero-order chi connectivity index (χ0) is 9.26. The predicted octanol–water partition coefficient (Wildman–Crippen LogP) is 4.07. The predicted molar refractivity (Wildman–Crippen MR) is 60.4 cm³/mol. The fourth-order valence-electron chi connectivity index (χ4n) is 1.39. The molecule has 1 aliphatic carbocycles. The molecule has 1 nitrogen and oxygen atoms in total. The van der Waals surface area contributed by atoms with Crippen LogP contribution in [0.15, 0.2) is 22.7 Å². The normalized spacial score (nSPS) is 16.8. The molecule has 3 heteroatoms. The Kier molecular flexibility index (Phi) is 2.80. The van der Waals surface area contributed by atoms with Crippen molar-refractivity contribution in [3.63, 3.8) is 0 Å². The van der Waals surface area contributed by atoms with E-state index in [9.17, 15) is 0 Å². The summed E-state index contributed by atoms with van der Waals surface area (Å²) >= 11 is 9.44. The molecule has 0 amide bonds. The van der Waals surface area contributed by atoms with Gasteiger partial charge in [0, 0.05) is 6.04 Å². The van der Waals surface area contributed by atoms with E-state index in [-0.39, 0.29) is 0 Å². The van der Waals surface area contributed by atoms with Crippen molar-refractivity contribution in [3.8, 4) is 0 Å². The van der Waals surface area contributed by atoms with Crippen molar-refractivity contribution in [2.75, 3.05) is 5.32 Å². The number of rotatable bonds is 2. The zero-order valence-corrected chi connectivity index (χ0v) is 9.53. The number of benzene rings is 1. The van der Waals surface area contributed by atoms with E-state index in [0.717, 1.165) is 15.2 Å². The molecule has 0 radical (unpaired) electrons. The minimum absolute atomic E-state index is 0.648. The molecule has 0 spiro atoms. The van der Waals surface area contributed by atoms with Crippen LogP contribution in [-0.4, -0.2) is 6.04 Å². The number of hydrogen-bond acceptors (Lipinski definition) is 1. The van der Waals surface area contributed by atoms with Crippen LogP contribution in [0.2, 0.25) is 5.02 Å². The third-order valence-electron chi connectivity index (χ3n) is 2.42. The standard InChI is InChI=1S/C10H11BrClN/c11-10-8(12)5-2-6-9(10)13-7-3-1-4-7/h2,5-7,13H,1,3-4H2. The third-order valence-corrected chi connectivity index (χ3v) is 3.81. The molecule has 1 aromatic rings. The van der Waals surface area contributed by atoms with Crippen LogP contribution in [0.3, 0.4) is 0 Å². The van der Waals surface area contributed by atoms with E-state index in [4.69, 9.17) is 11.6 Å². The molecule has 70 valence electrons. The highest BCUT2D eigenvalue weighted by molar-refractivity contribution is 9.10. The van der Waals surface area contributed by atoms with E-state index in [1.54, 1.807) is 0 Å². The highest BCUT2D eigenvalue weighted by Crippen LogP contribution is 2.32. The molecule has 1 N–H and O–H groups in total. The van der Waals surface area contributed by atoms with Gasteiger partial charge in [0.2, 0.25) is 0 Å². The Balaban J connectivity index is 2.14. The van der Waals surface area contributed by atoms with E-state index in [1.165, 1.54) is 19.3 Å². The number of halogens is 2. The summed E-state index contributed by atoms with van der Waals surface area (Å²) in [6.45, 7) is 0. The van der Waals surface area contributed by atoms with E-state index in [2.05, 4.69) is 21.2 Å². The lowest BCUT2D eigenvalue weighted by molar-refractivity contribution is 0.445. The maximum atomic E-state index is 5.97. The average Bonchev–Trinajstić information content (AvgIpc) is 2.04. The van der Waals surface area contributed by atoms with Crippen LogP contribution in [0.4, 0.5) is 5.69 Å². The zero-order valence-electron chi connectivity index (χ0n) is 7.19. The molecular weight excluding hydrogens is 249 g/mol. The summed E-state index contributed by atoms with van der Waals surface area (Å²) < 4.78 is 0.976. The molecule has 0 aliphatic heterocycles. The Bertz CT molecular complexity index is 310.